The number of aromatic hydroxyl groups is 5. The van der Waals surface area contributed by atoms with E-state index in [0.29, 0.717) is 59.3 Å². The summed E-state index contributed by atoms with van der Waals surface area (Å²) in [5, 5.41) is 213. The third-order valence-corrected chi connectivity index (χ3v) is 29.2. The summed E-state index contributed by atoms with van der Waals surface area (Å²) < 4.78 is 72.9. The van der Waals surface area contributed by atoms with Crippen molar-refractivity contribution in [3.05, 3.63) is 247 Å². The molecule has 4 aliphatic heterocycles. The quantitative estimate of drug-likeness (QED) is 0.0261. The maximum atomic E-state index is 10.4. The van der Waals surface area contributed by atoms with Crippen LogP contribution in [0.2, 0.25) is 5.02 Å². The van der Waals surface area contributed by atoms with E-state index in [9.17, 15) is 107 Å². The average molecular weight is 2000 g/mol. The van der Waals surface area contributed by atoms with Crippen molar-refractivity contribution in [1.29, 1.82) is 0 Å². The van der Waals surface area contributed by atoms with Crippen molar-refractivity contribution in [2.75, 3.05) is 108 Å². The zero-order valence-corrected chi connectivity index (χ0v) is 81.0. The Kier molecular flexibility index (Phi) is 36.9. The van der Waals surface area contributed by atoms with Crippen molar-refractivity contribution >= 4 is 11.6 Å². The maximum Gasteiger partial charge on any atom is 0.186 e. The van der Waals surface area contributed by atoms with Crippen LogP contribution in [0.4, 0.5) is 0 Å². The van der Waals surface area contributed by atoms with Crippen LogP contribution in [0, 0.1) is 61.2 Å². The molecule has 0 aromatic heterocycles. The fourth-order valence-corrected chi connectivity index (χ4v) is 21.2. The predicted octanol–water partition coefficient (Wildman–Crippen LogP) is 6.51. The van der Waals surface area contributed by atoms with E-state index >= 15 is 0 Å². The smallest absolute Gasteiger partial charge is 0.186 e. The number of aliphatic hydroxyl groups excluding tert-OH is 16. The number of fused-ring (bicyclic) bond motifs is 4. The number of hydrogen-bond donors (Lipinski definition) is 21. The first-order chi connectivity index (χ1) is 68.1. The maximum absolute atomic E-state index is 10.4. The fraction of sp³-hybridized carbons (Fsp3) is 0.495. The first kappa shape index (κ1) is 108. The van der Waals surface area contributed by atoms with E-state index in [4.69, 9.17) is 73.2 Å². The highest BCUT2D eigenvalue weighted by Gasteiger charge is 2.49. The van der Waals surface area contributed by atoms with Gasteiger partial charge < -0.3 is 169 Å². The largest absolute Gasteiger partial charge is 0.508 e. The van der Waals surface area contributed by atoms with Gasteiger partial charge in [0.1, 0.15) is 84.7 Å². The molecule has 17 rings (SSSR count). The van der Waals surface area contributed by atoms with Crippen LogP contribution < -0.4 is 23.7 Å². The molecule has 0 radical (unpaired) electrons. The van der Waals surface area contributed by atoms with Gasteiger partial charge in [0.15, 0.2) is 71.2 Å². The molecule has 8 aliphatic rings. The van der Waals surface area contributed by atoms with E-state index in [0.717, 1.165) is 89.2 Å². The molecule has 21 N–H and O–H groups in total. The summed E-state index contributed by atoms with van der Waals surface area (Å²) in [4.78, 5) is 0. The summed E-state index contributed by atoms with van der Waals surface area (Å²) >= 11 is 6.50. The van der Waals surface area contributed by atoms with Gasteiger partial charge in [0.05, 0.1) is 87.4 Å². The van der Waals surface area contributed by atoms with Gasteiger partial charge in [0.25, 0.3) is 0 Å². The highest BCUT2D eigenvalue weighted by Crippen LogP contribution is 2.53. The molecular weight excluding hydrogens is 1860 g/mol. The van der Waals surface area contributed by atoms with Crippen molar-refractivity contribution in [2.24, 2.45) is 47.3 Å². The van der Waals surface area contributed by atoms with Crippen LogP contribution in [0.5, 0.6) is 57.5 Å². The van der Waals surface area contributed by atoms with Crippen molar-refractivity contribution in [2.45, 2.75) is 182 Å². The standard InChI is InChI=1S/C30H34O8.C27H36O9.C25H31ClO8.C25H32O9/c1-36-26-13-20(9-10-24(26)32)27-22-12-18(17-5-3-2-4-6-17)7-8-19(22)11-21(14-31)23(27)15-37-30-29(35)28(34)25(33)16-38-30;1-14(2)36-18-6-4-15-8-17(11-28)20(12-34-27-26(32)25(31)22(30)13-35-27)24(19(15)10-18)16-5-7-21(29)23(9-16)33-3;1-12-5-14-6-15(9-27)17(10-33-25-24(31)23(30)20(29)11-34-25)22(16(14)8-18(12)26)13-3-4-19(28)21(7-13)32-2;1-12-5-16-14(7-19(12)28)6-15(9-26)17(10-33-25-24(31)23(30)20(29)11-34-25)22(16)13-3-4-18(27)21(8-13)32-2/h2-10,12-13,21,23,25,27-35H,11,14-16H2,1H3;4-7,9-10,14,17,20,22,24-32H,8,11-13H2,1-3H3;3-5,7-8,15,17,20,22-25,27-31H,6,9-11H2,1-2H3;3-5,7-8,15,17,20,22-31H,6,9-11H2,1-2H3/t21-,23-,25-,27?,28+,29-,30-;17-,20-,22-,24?,25+,26-,27-;2*15-,17-,20-,22?,23+,24-,25-/m1111/s1. The summed E-state index contributed by atoms with van der Waals surface area (Å²) in [6, 6.07) is 50.6. The highest BCUT2D eigenvalue weighted by atomic mass is 35.5. The number of aliphatic hydroxyl groups is 16. The Morgan fingerprint density at radius 3 is 0.958 bits per heavy atom. The van der Waals surface area contributed by atoms with Gasteiger partial charge >= 0.3 is 0 Å². The number of methoxy groups -OCH3 is 4. The predicted molar refractivity (Wildman–Crippen MR) is 515 cm³/mol. The minimum Gasteiger partial charge on any atom is -0.508 e. The van der Waals surface area contributed by atoms with Crippen molar-refractivity contribution in [3.8, 4) is 68.6 Å². The topological polar surface area (TPSA) is 545 Å². The van der Waals surface area contributed by atoms with Gasteiger partial charge in [0, 0.05) is 55.1 Å². The second-order valence-corrected chi connectivity index (χ2v) is 38.6. The molecule has 142 heavy (non-hydrogen) atoms. The molecule has 4 heterocycles. The number of phenols is 5. The molecule has 0 saturated carbocycles. The van der Waals surface area contributed by atoms with E-state index in [2.05, 4.69) is 30.3 Å². The average Bonchev–Trinajstić information content (AvgIpc) is 0.767. The second-order valence-electron chi connectivity index (χ2n) is 38.2. The van der Waals surface area contributed by atoms with Gasteiger partial charge in [-0.2, -0.15) is 0 Å². The number of rotatable bonds is 27. The molecule has 4 aliphatic carbocycles. The number of halogens is 1. The van der Waals surface area contributed by atoms with Crippen LogP contribution in [-0.2, 0) is 63.6 Å². The first-order valence-corrected chi connectivity index (χ1v) is 48.1. The van der Waals surface area contributed by atoms with Crippen molar-refractivity contribution in [3.63, 3.8) is 0 Å². The van der Waals surface area contributed by atoms with Crippen LogP contribution in [0.15, 0.2) is 164 Å². The van der Waals surface area contributed by atoms with Crippen LogP contribution >= 0.6 is 11.6 Å². The SMILES string of the molecule is COc1cc(C2c3cc(-c4ccccc4)ccc3C[C@H](CO)[C@H]2CO[C@@H]2OC[C@@H](O)[C@H](O)[C@H]2O)ccc1O.COc1cc(C2c3cc(C)c(O)cc3C[C@H](CO)[C@H]2CO[C@@H]2OC[C@@H](O)[C@H](O)[C@H]2O)ccc1O.COc1cc(C2c3cc(Cl)c(C)cc3C[C@H](CO)[C@H]2CO[C@@H]2OC[C@@H](O)[C@H](O)[C@H]2O)ccc1O.COc1cc(C2c3cc(OC(C)C)ccc3C[C@H](CO)[C@H]2CO[C@@H]2OC[C@@H](O)[C@H](O)[C@H]2O)ccc1O. The molecule has 4 saturated heterocycles. The van der Waals surface area contributed by atoms with Gasteiger partial charge in [0.2, 0.25) is 0 Å². The van der Waals surface area contributed by atoms with Crippen molar-refractivity contribution in [1.82, 2.24) is 0 Å². The van der Waals surface area contributed by atoms with Gasteiger partial charge in [-0.25, -0.2) is 0 Å². The lowest BCUT2D eigenvalue weighted by Crippen LogP contribution is -2.54. The number of ether oxygens (including phenoxy) is 13. The normalized spacial score (nSPS) is 30.4. The van der Waals surface area contributed by atoms with E-state index in [1.807, 2.05) is 94.4 Å². The Labute approximate surface area is 828 Å². The Morgan fingerprint density at radius 1 is 0.317 bits per heavy atom. The Balaban J connectivity index is 0.000000151. The molecule has 4 fully saturated rings. The number of hydrogen-bond acceptors (Lipinski definition) is 34. The summed E-state index contributed by atoms with van der Waals surface area (Å²) in [7, 11) is 5.93. The molecule has 4 unspecified atom stereocenters. The molecule has 9 aromatic rings. The van der Waals surface area contributed by atoms with Gasteiger partial charge in [-0.1, -0.05) is 103 Å². The summed E-state index contributed by atoms with van der Waals surface area (Å²) in [5.41, 5.74) is 15.4. The summed E-state index contributed by atoms with van der Waals surface area (Å²) in [6.45, 7) is 7.07. The third-order valence-electron chi connectivity index (χ3n) is 28.8. The zero-order chi connectivity index (χ0) is 102. The van der Waals surface area contributed by atoms with E-state index in [1.165, 1.54) is 28.4 Å². The lowest BCUT2D eigenvalue weighted by atomic mass is 9.66. The monoisotopic (exact) mass is 2000 g/mol. The molecule has 772 valence electrons. The number of benzene rings is 9. The van der Waals surface area contributed by atoms with Crippen LogP contribution in [0.25, 0.3) is 11.1 Å². The Morgan fingerprint density at radius 2 is 0.627 bits per heavy atom. The van der Waals surface area contributed by atoms with Crippen molar-refractivity contribution < 1.29 is 169 Å². The number of aryl methyl sites for hydroxylation is 2. The molecule has 0 amide bonds. The van der Waals surface area contributed by atoms with Gasteiger partial charge in [-0.05, 0) is 263 Å². The second kappa shape index (κ2) is 48.5. The minimum absolute atomic E-state index is 0.00181. The molecule has 28 atom stereocenters. The van der Waals surface area contributed by atoms with Gasteiger partial charge in [-0.15, -0.1) is 0 Å². The first-order valence-electron chi connectivity index (χ1n) is 47.7. The Bertz CT molecular complexity index is 5480. The molecule has 34 nitrogen and oxygen atoms in total. The molecule has 35 heteroatoms. The summed E-state index contributed by atoms with van der Waals surface area (Å²) in [6.07, 6.45) is -18.0. The summed E-state index contributed by atoms with van der Waals surface area (Å²) in [5.74, 6) is -0.481. The lowest BCUT2D eigenvalue weighted by molar-refractivity contribution is -0.274. The molecule has 9 aromatic carbocycles. The van der Waals surface area contributed by atoms with E-state index in [-0.39, 0.29) is 185 Å². The fourth-order valence-electron chi connectivity index (χ4n) is 21.0. The van der Waals surface area contributed by atoms with Crippen LogP contribution in [-0.4, -0.2) is 319 Å². The zero-order valence-electron chi connectivity index (χ0n) is 80.2. The van der Waals surface area contributed by atoms with E-state index < -0.39 is 98.4 Å². The highest BCUT2D eigenvalue weighted by molar-refractivity contribution is 6.31. The third kappa shape index (κ3) is 24.2. The minimum atomic E-state index is -1.42. The van der Waals surface area contributed by atoms with Gasteiger partial charge in [-0.3, -0.25) is 0 Å². The number of phenolic OH excluding ortho intramolecular Hbond substituents is 5. The molecule has 0 bridgehead atoms. The lowest BCUT2D eigenvalue weighted by Gasteiger charge is -2.41. The molecule has 0 spiro atoms. The van der Waals surface area contributed by atoms with E-state index in [1.54, 1.807) is 66.7 Å². The Hall–Kier alpha value is -9.69. The van der Waals surface area contributed by atoms with Crippen LogP contribution in [0.3, 0.4) is 0 Å². The van der Waals surface area contributed by atoms with Crippen LogP contribution in [0.1, 0.15) is 115 Å². The molecular formula is C107H133ClO34.